The van der Waals surface area contributed by atoms with Crippen molar-refractivity contribution in [2.45, 2.75) is 5.92 Å². The summed E-state index contributed by atoms with van der Waals surface area (Å²) < 4.78 is 12.8. The molecule has 2 rings (SSSR count). The maximum atomic E-state index is 12.8. The predicted molar refractivity (Wildman–Crippen MR) is 61.1 cm³/mol. The van der Waals surface area contributed by atoms with Gasteiger partial charge in [0.05, 0.1) is 11.8 Å². The Kier molecular flexibility index (Phi) is 3.39. The monoisotopic (exact) mass is 241 g/mol. The molecule has 0 aliphatic heterocycles. The second kappa shape index (κ2) is 5.15. The molecule has 5 heteroatoms. The van der Waals surface area contributed by atoms with Gasteiger partial charge in [-0.25, -0.2) is 14.4 Å². The molecule has 1 atom stereocenters. The maximum Gasteiger partial charge on any atom is 0.186 e. The number of carbonyl (C=O) groups excluding carboxylic acids is 1. The zero-order valence-electron chi connectivity index (χ0n) is 9.25. The Morgan fingerprint density at radius 1 is 1.28 bits per heavy atom. The van der Waals surface area contributed by atoms with Gasteiger partial charge in [0.2, 0.25) is 0 Å². The molecule has 0 N–H and O–H groups in total. The van der Waals surface area contributed by atoms with Crippen LogP contribution in [0.15, 0.2) is 42.9 Å². The van der Waals surface area contributed by atoms with E-state index < -0.39 is 17.5 Å². The summed E-state index contributed by atoms with van der Waals surface area (Å²) in [7, 11) is 0. The van der Waals surface area contributed by atoms with Gasteiger partial charge in [-0.2, -0.15) is 5.26 Å². The molecular formula is C13H8FN3O. The molecule has 0 aliphatic carbocycles. The fourth-order valence-corrected chi connectivity index (χ4v) is 1.51. The second-order valence-corrected chi connectivity index (χ2v) is 3.57. The summed E-state index contributed by atoms with van der Waals surface area (Å²) in [5.41, 5.74) is 0.614. The minimum atomic E-state index is -1.00. The summed E-state index contributed by atoms with van der Waals surface area (Å²) in [6.07, 6.45) is 2.74. The minimum absolute atomic E-state index is 0.279. The number of benzene rings is 1. The van der Waals surface area contributed by atoms with Crippen LogP contribution in [0, 0.1) is 17.1 Å². The molecule has 88 valence electrons. The number of halogens is 1. The molecule has 0 fully saturated rings. The first-order chi connectivity index (χ1) is 8.72. The number of aromatic nitrogens is 2. The third kappa shape index (κ3) is 2.38. The molecule has 1 heterocycles. The lowest BCUT2D eigenvalue weighted by Crippen LogP contribution is -2.12. The first-order valence-electron chi connectivity index (χ1n) is 5.17. The molecule has 4 nitrogen and oxygen atoms in total. The molecule has 0 aliphatic rings. The molecule has 0 radical (unpaired) electrons. The largest absolute Gasteiger partial charge is 0.292 e. The summed E-state index contributed by atoms with van der Waals surface area (Å²) in [6.45, 7) is 0. The third-order valence-electron chi connectivity index (χ3n) is 2.42. The molecule has 1 aromatic heterocycles. The van der Waals surface area contributed by atoms with E-state index in [9.17, 15) is 9.18 Å². The van der Waals surface area contributed by atoms with E-state index in [0.29, 0.717) is 5.69 Å². The number of carbonyl (C=O) groups is 1. The van der Waals surface area contributed by atoms with Crippen molar-refractivity contribution in [3.63, 3.8) is 0 Å². The van der Waals surface area contributed by atoms with Crippen molar-refractivity contribution >= 4 is 5.78 Å². The average molecular weight is 241 g/mol. The van der Waals surface area contributed by atoms with E-state index in [1.165, 1.54) is 42.9 Å². The van der Waals surface area contributed by atoms with E-state index in [1.807, 2.05) is 6.07 Å². The Morgan fingerprint density at radius 2 is 2.00 bits per heavy atom. The Bertz CT molecular complexity index is 590. The Hall–Kier alpha value is -2.61. The summed E-state index contributed by atoms with van der Waals surface area (Å²) in [6, 6.07) is 8.47. The van der Waals surface area contributed by atoms with Gasteiger partial charge in [-0.15, -0.1) is 0 Å². The Balaban J connectivity index is 2.32. The molecule has 2 aromatic rings. The van der Waals surface area contributed by atoms with E-state index in [2.05, 4.69) is 9.97 Å². The topological polar surface area (TPSA) is 66.6 Å². The lowest BCUT2D eigenvalue weighted by atomic mass is 9.96. The van der Waals surface area contributed by atoms with Gasteiger partial charge in [-0.1, -0.05) is 0 Å². The number of nitriles is 1. The number of nitrogens with zero attached hydrogens (tertiary/aromatic N) is 3. The second-order valence-electron chi connectivity index (χ2n) is 3.57. The van der Waals surface area contributed by atoms with Crippen LogP contribution in [-0.2, 0) is 0 Å². The van der Waals surface area contributed by atoms with Crippen molar-refractivity contribution in [3.8, 4) is 6.07 Å². The van der Waals surface area contributed by atoms with Crippen molar-refractivity contribution in [1.82, 2.24) is 9.97 Å². The van der Waals surface area contributed by atoms with Crippen LogP contribution in [0.5, 0.6) is 0 Å². The van der Waals surface area contributed by atoms with Gasteiger partial charge < -0.3 is 0 Å². The van der Waals surface area contributed by atoms with Gasteiger partial charge in [-0.3, -0.25) is 4.79 Å². The lowest BCUT2D eigenvalue weighted by Gasteiger charge is -2.06. The molecule has 0 spiro atoms. The molecule has 1 unspecified atom stereocenters. The van der Waals surface area contributed by atoms with Crippen LogP contribution in [0.1, 0.15) is 22.0 Å². The summed E-state index contributed by atoms with van der Waals surface area (Å²) in [4.78, 5) is 19.7. The van der Waals surface area contributed by atoms with Gasteiger partial charge in [0.1, 0.15) is 12.1 Å². The van der Waals surface area contributed by atoms with E-state index in [-0.39, 0.29) is 5.56 Å². The fraction of sp³-hybridized carbons (Fsp3) is 0.0769. The van der Waals surface area contributed by atoms with Crippen LogP contribution >= 0.6 is 0 Å². The van der Waals surface area contributed by atoms with Gasteiger partial charge in [0, 0.05) is 11.8 Å². The number of Topliss-reactive ketones (excluding diaryl/α,β-unsaturated/α-hetero) is 1. The first-order valence-corrected chi connectivity index (χ1v) is 5.17. The molecule has 18 heavy (non-hydrogen) atoms. The zero-order chi connectivity index (χ0) is 13.0. The van der Waals surface area contributed by atoms with Crippen LogP contribution < -0.4 is 0 Å². The number of hydrogen-bond acceptors (Lipinski definition) is 4. The van der Waals surface area contributed by atoms with Crippen molar-refractivity contribution in [2.24, 2.45) is 0 Å². The van der Waals surface area contributed by atoms with Crippen LogP contribution in [-0.4, -0.2) is 15.8 Å². The zero-order valence-corrected chi connectivity index (χ0v) is 9.25. The highest BCUT2D eigenvalue weighted by Gasteiger charge is 2.22. The van der Waals surface area contributed by atoms with Crippen molar-refractivity contribution < 1.29 is 9.18 Å². The molecule has 0 saturated carbocycles. The summed E-state index contributed by atoms with van der Waals surface area (Å²) >= 11 is 0. The van der Waals surface area contributed by atoms with Crippen LogP contribution in [0.2, 0.25) is 0 Å². The van der Waals surface area contributed by atoms with Gasteiger partial charge >= 0.3 is 0 Å². The number of hydrogen-bond donors (Lipinski definition) is 0. The minimum Gasteiger partial charge on any atom is -0.292 e. The SMILES string of the molecule is N#CC(C(=O)c1ccc(F)cc1)c1ccncn1. The predicted octanol–water partition coefficient (Wildman–Crippen LogP) is 2.11. The maximum absolute atomic E-state index is 12.8. The van der Waals surface area contributed by atoms with Crippen LogP contribution in [0.3, 0.4) is 0 Å². The van der Waals surface area contributed by atoms with Crippen LogP contribution in [0.4, 0.5) is 4.39 Å². The Labute approximate surface area is 103 Å². The highest BCUT2D eigenvalue weighted by Crippen LogP contribution is 2.18. The number of rotatable bonds is 3. The van der Waals surface area contributed by atoms with Crippen molar-refractivity contribution in [1.29, 1.82) is 5.26 Å². The van der Waals surface area contributed by atoms with E-state index in [0.717, 1.165) is 0 Å². The van der Waals surface area contributed by atoms with Crippen molar-refractivity contribution in [3.05, 3.63) is 59.9 Å². The van der Waals surface area contributed by atoms with Crippen molar-refractivity contribution in [2.75, 3.05) is 0 Å². The van der Waals surface area contributed by atoms with Gasteiger partial charge in [-0.05, 0) is 30.3 Å². The third-order valence-corrected chi connectivity index (χ3v) is 2.42. The standard InChI is InChI=1S/C13H8FN3O/c14-10-3-1-9(2-4-10)13(18)11(7-15)12-5-6-16-8-17-12/h1-6,8,11H. The molecule has 0 bridgehead atoms. The van der Waals surface area contributed by atoms with E-state index in [4.69, 9.17) is 5.26 Å². The lowest BCUT2D eigenvalue weighted by molar-refractivity contribution is 0.0977. The molecule has 1 aromatic carbocycles. The van der Waals surface area contributed by atoms with E-state index in [1.54, 1.807) is 0 Å². The summed E-state index contributed by atoms with van der Waals surface area (Å²) in [5, 5.41) is 9.06. The molecule has 0 saturated heterocycles. The fourth-order valence-electron chi connectivity index (χ4n) is 1.51. The van der Waals surface area contributed by atoms with Gasteiger partial charge in [0.25, 0.3) is 0 Å². The quantitative estimate of drug-likeness (QED) is 0.772. The normalized spacial score (nSPS) is 11.6. The summed E-state index contributed by atoms with van der Waals surface area (Å²) in [5.74, 6) is -1.84. The highest BCUT2D eigenvalue weighted by molar-refractivity contribution is 6.02. The Morgan fingerprint density at radius 3 is 2.56 bits per heavy atom. The van der Waals surface area contributed by atoms with Gasteiger partial charge in [0.15, 0.2) is 11.7 Å². The van der Waals surface area contributed by atoms with Crippen LogP contribution in [0.25, 0.3) is 0 Å². The van der Waals surface area contributed by atoms with E-state index >= 15 is 0 Å². The highest BCUT2D eigenvalue weighted by atomic mass is 19.1. The first kappa shape index (κ1) is 11.9. The number of ketones is 1. The average Bonchev–Trinajstić information content (AvgIpc) is 2.41. The molecule has 0 amide bonds. The molecular weight excluding hydrogens is 233 g/mol. The smallest absolute Gasteiger partial charge is 0.186 e.